The standard InChI is InChI=1S/C42H36Br2/c1-26(2)8-6-9-27(3)14-15-28-16-18-29(19-17-28)31-11-4-5-12-32(31)33-21-22-36-40-34(33)23-25-38(44)42(40)35-13-7-10-30-20-24-37(43)41(36)39(30)35/h4-5,7-8,10-13,16-25,27H,6,9,14-15H2,1-3H3/t27-/m0/s1. The zero-order chi connectivity index (χ0) is 30.4. The number of hydrogen-bond donors (Lipinski definition) is 0. The van der Waals surface area contributed by atoms with Crippen LogP contribution in [0.4, 0.5) is 0 Å². The molecule has 0 bridgehead atoms. The SMILES string of the molecule is CC(C)=CCC[C@H](C)CCc1ccc(-c2ccccc2-c2ccc3c4c(Br)ccc5cccc(c6c(Br)ccc2c36)c54)cc1. The average molecular weight is 701 g/mol. The van der Waals surface area contributed by atoms with Gasteiger partial charge in [0.05, 0.1) is 0 Å². The van der Waals surface area contributed by atoms with Crippen molar-refractivity contribution >= 4 is 74.9 Å². The zero-order valence-electron chi connectivity index (χ0n) is 25.6. The normalized spacial score (nSPS) is 12.5. The van der Waals surface area contributed by atoms with Crippen LogP contribution < -0.4 is 0 Å². The molecule has 0 saturated carbocycles. The molecular weight excluding hydrogens is 664 g/mol. The lowest BCUT2D eigenvalue weighted by molar-refractivity contribution is 0.497. The van der Waals surface area contributed by atoms with Crippen LogP contribution in [0.15, 0.2) is 124 Å². The molecule has 2 heteroatoms. The van der Waals surface area contributed by atoms with E-state index in [1.54, 1.807) is 0 Å². The van der Waals surface area contributed by atoms with E-state index in [2.05, 4.69) is 162 Å². The van der Waals surface area contributed by atoms with Gasteiger partial charge in [0.2, 0.25) is 0 Å². The smallest absolute Gasteiger partial charge is 0.0260 e. The molecule has 7 rings (SSSR count). The Balaban J connectivity index is 1.30. The lowest BCUT2D eigenvalue weighted by Crippen LogP contribution is -1.97. The first-order chi connectivity index (χ1) is 21.4. The molecule has 0 spiro atoms. The van der Waals surface area contributed by atoms with Crippen molar-refractivity contribution in [3.05, 3.63) is 129 Å². The third kappa shape index (κ3) is 5.27. The zero-order valence-corrected chi connectivity index (χ0v) is 28.7. The molecule has 0 amide bonds. The number of halogens is 2. The minimum atomic E-state index is 0.735. The van der Waals surface area contributed by atoms with E-state index < -0.39 is 0 Å². The summed E-state index contributed by atoms with van der Waals surface area (Å²) < 4.78 is 2.27. The number of fused-ring (bicyclic) bond motifs is 2. The maximum absolute atomic E-state index is 3.94. The highest BCUT2D eigenvalue weighted by Crippen LogP contribution is 2.48. The summed E-state index contributed by atoms with van der Waals surface area (Å²) in [5.41, 5.74) is 7.91. The van der Waals surface area contributed by atoms with Crippen molar-refractivity contribution in [3.63, 3.8) is 0 Å². The van der Waals surface area contributed by atoms with Crippen molar-refractivity contribution in [1.29, 1.82) is 0 Å². The van der Waals surface area contributed by atoms with Crippen LogP contribution in [-0.2, 0) is 6.42 Å². The van der Waals surface area contributed by atoms with E-state index in [-0.39, 0.29) is 0 Å². The number of hydrogen-bond acceptors (Lipinski definition) is 0. The minimum Gasteiger partial charge on any atom is -0.0859 e. The summed E-state index contributed by atoms with van der Waals surface area (Å²) in [5, 5.41) is 10.3. The van der Waals surface area contributed by atoms with Gasteiger partial charge in [-0.15, -0.1) is 0 Å². The topological polar surface area (TPSA) is 0 Å². The summed E-state index contributed by atoms with van der Waals surface area (Å²) in [7, 11) is 0. The fraction of sp³-hybridized carbons (Fsp3) is 0.190. The predicted octanol–water partition coefficient (Wildman–Crippen LogP) is 13.9. The Morgan fingerprint density at radius 3 is 2.05 bits per heavy atom. The first kappa shape index (κ1) is 29.3. The molecule has 218 valence electrons. The molecule has 0 fully saturated rings. The van der Waals surface area contributed by atoms with Gasteiger partial charge < -0.3 is 0 Å². The Kier molecular flexibility index (Phi) is 8.08. The minimum absolute atomic E-state index is 0.735. The molecule has 44 heavy (non-hydrogen) atoms. The molecule has 0 nitrogen and oxygen atoms in total. The van der Waals surface area contributed by atoms with Crippen LogP contribution in [0.2, 0.25) is 0 Å². The van der Waals surface area contributed by atoms with E-state index in [9.17, 15) is 0 Å². The molecule has 0 saturated heterocycles. The molecule has 0 aliphatic heterocycles. The van der Waals surface area contributed by atoms with Crippen LogP contribution >= 0.6 is 31.9 Å². The maximum atomic E-state index is 3.94. The molecule has 0 aliphatic carbocycles. The fourth-order valence-electron chi connectivity index (χ4n) is 6.99. The lowest BCUT2D eigenvalue weighted by atomic mass is 9.85. The third-order valence-corrected chi connectivity index (χ3v) is 10.6. The van der Waals surface area contributed by atoms with Crippen LogP contribution in [0.5, 0.6) is 0 Å². The Morgan fingerprint density at radius 1 is 0.591 bits per heavy atom. The van der Waals surface area contributed by atoms with Crippen LogP contribution in [0, 0.1) is 5.92 Å². The van der Waals surface area contributed by atoms with Gasteiger partial charge in [0.15, 0.2) is 0 Å². The molecule has 1 atom stereocenters. The largest absolute Gasteiger partial charge is 0.0859 e. The Bertz CT molecular complexity index is 2160. The molecule has 0 heterocycles. The van der Waals surface area contributed by atoms with E-state index in [0.717, 1.165) is 21.3 Å². The summed E-state index contributed by atoms with van der Waals surface area (Å²) in [6, 6.07) is 38.4. The molecule has 7 aromatic rings. The quantitative estimate of drug-likeness (QED) is 0.0841. The summed E-state index contributed by atoms with van der Waals surface area (Å²) in [5.74, 6) is 0.735. The first-order valence-corrected chi connectivity index (χ1v) is 17.3. The highest BCUT2D eigenvalue weighted by molar-refractivity contribution is 9.11. The number of rotatable bonds is 8. The maximum Gasteiger partial charge on any atom is 0.0260 e. The highest BCUT2D eigenvalue weighted by atomic mass is 79.9. The van der Waals surface area contributed by atoms with E-state index in [1.807, 2.05) is 0 Å². The number of aryl methyl sites for hydroxylation is 1. The monoisotopic (exact) mass is 698 g/mol. The molecule has 0 radical (unpaired) electrons. The fourth-order valence-corrected chi connectivity index (χ4v) is 8.08. The van der Waals surface area contributed by atoms with Gasteiger partial charge in [-0.3, -0.25) is 0 Å². The first-order valence-electron chi connectivity index (χ1n) is 15.7. The second-order valence-electron chi connectivity index (χ2n) is 12.6. The highest BCUT2D eigenvalue weighted by Gasteiger charge is 2.19. The second kappa shape index (κ2) is 12.1. The molecular formula is C42H36Br2. The van der Waals surface area contributed by atoms with Crippen LogP contribution in [0.1, 0.15) is 45.6 Å². The van der Waals surface area contributed by atoms with Crippen molar-refractivity contribution in [2.45, 2.75) is 46.5 Å². The van der Waals surface area contributed by atoms with Gasteiger partial charge >= 0.3 is 0 Å². The van der Waals surface area contributed by atoms with Gasteiger partial charge in [0.1, 0.15) is 0 Å². The lowest BCUT2D eigenvalue weighted by Gasteiger charge is -2.19. The predicted molar refractivity (Wildman–Crippen MR) is 200 cm³/mol. The summed E-state index contributed by atoms with van der Waals surface area (Å²) >= 11 is 7.86. The van der Waals surface area contributed by atoms with Gasteiger partial charge in [-0.05, 0) is 118 Å². The van der Waals surface area contributed by atoms with Crippen molar-refractivity contribution < 1.29 is 0 Å². The van der Waals surface area contributed by atoms with Crippen molar-refractivity contribution in [2.24, 2.45) is 5.92 Å². The van der Waals surface area contributed by atoms with Crippen LogP contribution in [-0.4, -0.2) is 0 Å². The molecule has 0 aromatic heterocycles. The Labute approximate surface area is 277 Å². The molecule has 0 unspecified atom stereocenters. The van der Waals surface area contributed by atoms with E-state index in [1.165, 1.54) is 95.7 Å². The van der Waals surface area contributed by atoms with E-state index >= 15 is 0 Å². The Morgan fingerprint density at radius 2 is 1.27 bits per heavy atom. The van der Waals surface area contributed by atoms with Crippen molar-refractivity contribution in [1.82, 2.24) is 0 Å². The number of allylic oxidation sites excluding steroid dienone is 2. The average Bonchev–Trinajstić information content (AvgIpc) is 3.03. The van der Waals surface area contributed by atoms with Gasteiger partial charge in [0.25, 0.3) is 0 Å². The summed E-state index contributed by atoms with van der Waals surface area (Å²) in [6.45, 7) is 6.77. The molecule has 0 N–H and O–H groups in total. The van der Waals surface area contributed by atoms with Crippen molar-refractivity contribution in [3.8, 4) is 22.3 Å². The molecule has 7 aromatic carbocycles. The second-order valence-corrected chi connectivity index (χ2v) is 14.3. The van der Waals surface area contributed by atoms with Gasteiger partial charge in [-0.2, -0.15) is 0 Å². The van der Waals surface area contributed by atoms with Gasteiger partial charge in [-0.25, -0.2) is 0 Å². The van der Waals surface area contributed by atoms with Gasteiger partial charge in [0, 0.05) is 19.7 Å². The van der Waals surface area contributed by atoms with Crippen LogP contribution in [0.25, 0.3) is 65.3 Å². The summed E-state index contributed by atoms with van der Waals surface area (Å²) in [6.07, 6.45) is 7.18. The summed E-state index contributed by atoms with van der Waals surface area (Å²) in [4.78, 5) is 0. The van der Waals surface area contributed by atoms with Crippen molar-refractivity contribution in [2.75, 3.05) is 0 Å². The number of benzene rings is 7. The van der Waals surface area contributed by atoms with Crippen LogP contribution in [0.3, 0.4) is 0 Å². The van der Waals surface area contributed by atoms with E-state index in [4.69, 9.17) is 0 Å². The van der Waals surface area contributed by atoms with E-state index in [0.29, 0.717) is 0 Å². The third-order valence-electron chi connectivity index (χ3n) is 9.28. The Hall–Kier alpha value is -3.46. The van der Waals surface area contributed by atoms with Gasteiger partial charge in [-0.1, -0.05) is 141 Å². The molecule has 0 aliphatic rings.